The van der Waals surface area contributed by atoms with E-state index in [1.54, 1.807) is 0 Å². The molecule has 0 aromatic heterocycles. The van der Waals surface area contributed by atoms with Gasteiger partial charge in [0.1, 0.15) is 18.0 Å². The maximum atomic E-state index is 12.4. The van der Waals surface area contributed by atoms with Gasteiger partial charge in [0.05, 0.1) is 6.04 Å². The Morgan fingerprint density at radius 1 is 1.15 bits per heavy atom. The standard InChI is InChI=1S/C18H29N3O4S/c1-20(2)26(23,24)19-15-13-16(25-14-9-5-3-6-10-14)18(22)17(15)21-11-7-4-8-12-21/h3,5-6,9-10,15-19,22H,4,7-8,11-13H2,1-2H3/t15-,16-,17+,18+/m1/s1. The second kappa shape index (κ2) is 8.22. The molecule has 1 heterocycles. The lowest BCUT2D eigenvalue weighted by Crippen LogP contribution is -2.56. The molecular weight excluding hydrogens is 354 g/mol. The van der Waals surface area contributed by atoms with E-state index in [-0.39, 0.29) is 12.1 Å². The monoisotopic (exact) mass is 383 g/mol. The third kappa shape index (κ3) is 4.37. The van der Waals surface area contributed by atoms with Crippen molar-refractivity contribution in [3.05, 3.63) is 30.3 Å². The first-order chi connectivity index (χ1) is 12.4. The zero-order valence-corrected chi connectivity index (χ0v) is 16.2. The number of aliphatic hydroxyl groups excluding tert-OH is 1. The molecule has 4 atom stereocenters. The first-order valence-electron chi connectivity index (χ1n) is 9.22. The van der Waals surface area contributed by atoms with Crippen molar-refractivity contribution in [2.24, 2.45) is 0 Å². The second-order valence-electron chi connectivity index (χ2n) is 7.29. The summed E-state index contributed by atoms with van der Waals surface area (Å²) in [5, 5.41) is 11.0. The molecule has 2 fully saturated rings. The van der Waals surface area contributed by atoms with Crippen LogP contribution in [0.5, 0.6) is 5.75 Å². The van der Waals surface area contributed by atoms with Gasteiger partial charge in [-0.3, -0.25) is 4.90 Å². The summed E-state index contributed by atoms with van der Waals surface area (Å²) < 4.78 is 34.6. The number of nitrogens with one attached hydrogen (secondary N) is 1. The lowest BCUT2D eigenvalue weighted by atomic mass is 10.0. The minimum atomic E-state index is -3.58. The van der Waals surface area contributed by atoms with E-state index in [2.05, 4.69) is 9.62 Å². The van der Waals surface area contributed by atoms with Gasteiger partial charge in [0.25, 0.3) is 10.2 Å². The van der Waals surface area contributed by atoms with Gasteiger partial charge in [-0.2, -0.15) is 17.4 Å². The lowest BCUT2D eigenvalue weighted by molar-refractivity contribution is 0.00223. The topological polar surface area (TPSA) is 82.1 Å². The van der Waals surface area contributed by atoms with Crippen molar-refractivity contribution in [2.75, 3.05) is 27.2 Å². The van der Waals surface area contributed by atoms with Gasteiger partial charge in [-0.05, 0) is 38.1 Å². The molecule has 146 valence electrons. The smallest absolute Gasteiger partial charge is 0.279 e. The van der Waals surface area contributed by atoms with E-state index in [9.17, 15) is 13.5 Å². The van der Waals surface area contributed by atoms with Crippen molar-refractivity contribution >= 4 is 10.2 Å². The minimum absolute atomic E-state index is 0.279. The zero-order valence-electron chi connectivity index (χ0n) is 15.4. The molecule has 0 spiro atoms. The van der Waals surface area contributed by atoms with E-state index in [0.29, 0.717) is 12.2 Å². The highest BCUT2D eigenvalue weighted by atomic mass is 32.2. The highest BCUT2D eigenvalue weighted by molar-refractivity contribution is 7.87. The Kier molecular flexibility index (Phi) is 6.19. The van der Waals surface area contributed by atoms with Gasteiger partial charge in [-0.25, -0.2) is 0 Å². The summed E-state index contributed by atoms with van der Waals surface area (Å²) in [5.41, 5.74) is 0. The molecule has 0 amide bonds. The minimum Gasteiger partial charge on any atom is -0.488 e. The van der Waals surface area contributed by atoms with Crippen molar-refractivity contribution in [3.63, 3.8) is 0 Å². The molecular formula is C18H29N3O4S. The Morgan fingerprint density at radius 3 is 2.42 bits per heavy atom. The number of likely N-dealkylation sites (tertiary alicyclic amines) is 1. The molecule has 0 bridgehead atoms. The lowest BCUT2D eigenvalue weighted by Gasteiger charge is -2.37. The van der Waals surface area contributed by atoms with E-state index < -0.39 is 22.4 Å². The molecule has 3 rings (SSSR count). The van der Waals surface area contributed by atoms with Gasteiger partial charge >= 0.3 is 0 Å². The zero-order chi connectivity index (χ0) is 18.7. The van der Waals surface area contributed by atoms with Gasteiger partial charge in [0.2, 0.25) is 0 Å². The summed E-state index contributed by atoms with van der Waals surface area (Å²) in [6.45, 7) is 1.75. The quantitative estimate of drug-likeness (QED) is 0.760. The molecule has 7 nitrogen and oxygen atoms in total. The average Bonchev–Trinajstić information content (AvgIpc) is 2.91. The number of hydrogen-bond acceptors (Lipinski definition) is 5. The average molecular weight is 384 g/mol. The fraction of sp³-hybridized carbons (Fsp3) is 0.667. The van der Waals surface area contributed by atoms with Crippen LogP contribution in [0.1, 0.15) is 25.7 Å². The van der Waals surface area contributed by atoms with Crippen LogP contribution in [0, 0.1) is 0 Å². The number of ether oxygens (including phenoxy) is 1. The SMILES string of the molecule is CN(C)S(=O)(=O)N[C@@H]1C[C@@H](Oc2ccccc2)[C@H](O)[C@H]1N1CCCCC1. The molecule has 2 N–H and O–H groups in total. The van der Waals surface area contributed by atoms with Crippen LogP contribution in [0.4, 0.5) is 0 Å². The summed E-state index contributed by atoms with van der Waals surface area (Å²) in [6, 6.07) is 8.70. The first kappa shape index (κ1) is 19.6. The highest BCUT2D eigenvalue weighted by Crippen LogP contribution is 2.31. The van der Waals surface area contributed by atoms with Crippen LogP contribution < -0.4 is 9.46 Å². The maximum Gasteiger partial charge on any atom is 0.279 e. The molecule has 1 aliphatic heterocycles. The van der Waals surface area contributed by atoms with E-state index >= 15 is 0 Å². The van der Waals surface area contributed by atoms with Gasteiger partial charge in [0.15, 0.2) is 0 Å². The fourth-order valence-electron chi connectivity index (χ4n) is 3.88. The predicted molar refractivity (Wildman–Crippen MR) is 100 cm³/mol. The summed E-state index contributed by atoms with van der Waals surface area (Å²) in [7, 11) is -0.580. The summed E-state index contributed by atoms with van der Waals surface area (Å²) in [4.78, 5) is 2.21. The van der Waals surface area contributed by atoms with E-state index in [1.807, 2.05) is 30.3 Å². The second-order valence-corrected chi connectivity index (χ2v) is 9.21. The van der Waals surface area contributed by atoms with Crippen LogP contribution in [-0.4, -0.2) is 74.2 Å². The number of rotatable bonds is 6. The first-order valence-corrected chi connectivity index (χ1v) is 10.7. The fourth-order valence-corrected chi connectivity index (χ4v) is 4.71. The molecule has 1 aromatic rings. The Bertz CT molecular complexity index is 677. The molecule has 1 saturated carbocycles. The summed E-state index contributed by atoms with van der Waals surface area (Å²) in [5.74, 6) is 0.685. The summed E-state index contributed by atoms with van der Waals surface area (Å²) in [6.07, 6.45) is 2.56. The maximum absolute atomic E-state index is 12.4. The molecule has 1 aliphatic carbocycles. The van der Waals surface area contributed by atoms with Crippen LogP contribution in [-0.2, 0) is 10.2 Å². The number of para-hydroxylation sites is 1. The normalized spacial score (nSPS) is 30.6. The molecule has 1 saturated heterocycles. The predicted octanol–water partition coefficient (Wildman–Crippen LogP) is 0.818. The number of benzene rings is 1. The van der Waals surface area contributed by atoms with Gasteiger partial charge in [-0.15, -0.1) is 0 Å². The molecule has 1 aromatic carbocycles. The molecule has 0 radical (unpaired) electrons. The van der Waals surface area contributed by atoms with E-state index in [1.165, 1.54) is 20.5 Å². The highest BCUT2D eigenvalue weighted by Gasteiger charge is 2.48. The van der Waals surface area contributed by atoms with Gasteiger partial charge in [0, 0.05) is 26.6 Å². The van der Waals surface area contributed by atoms with Gasteiger partial charge < -0.3 is 9.84 Å². The number of nitrogens with zero attached hydrogens (tertiary/aromatic N) is 2. The Balaban J connectivity index is 1.79. The Hall–Kier alpha value is -1.19. The molecule has 0 unspecified atom stereocenters. The van der Waals surface area contributed by atoms with Crippen molar-refractivity contribution in [1.29, 1.82) is 0 Å². The van der Waals surface area contributed by atoms with Crippen molar-refractivity contribution in [2.45, 2.75) is 50.0 Å². The number of aliphatic hydroxyl groups is 1. The molecule has 2 aliphatic rings. The van der Waals surface area contributed by atoms with Crippen LogP contribution in [0.25, 0.3) is 0 Å². The van der Waals surface area contributed by atoms with Gasteiger partial charge in [-0.1, -0.05) is 24.6 Å². The molecule has 8 heteroatoms. The third-order valence-corrected chi connectivity index (χ3v) is 6.82. The van der Waals surface area contributed by atoms with E-state index in [0.717, 1.165) is 30.2 Å². The number of piperidine rings is 1. The van der Waals surface area contributed by atoms with Crippen LogP contribution in [0.3, 0.4) is 0 Å². The van der Waals surface area contributed by atoms with Crippen LogP contribution in [0.15, 0.2) is 30.3 Å². The van der Waals surface area contributed by atoms with Crippen LogP contribution >= 0.6 is 0 Å². The van der Waals surface area contributed by atoms with E-state index in [4.69, 9.17) is 4.74 Å². The third-order valence-electron chi connectivity index (χ3n) is 5.25. The largest absolute Gasteiger partial charge is 0.488 e. The van der Waals surface area contributed by atoms with Crippen molar-refractivity contribution < 1.29 is 18.3 Å². The Labute approximate surface area is 156 Å². The summed E-state index contributed by atoms with van der Waals surface area (Å²) >= 11 is 0. The Morgan fingerprint density at radius 2 is 1.81 bits per heavy atom. The number of hydrogen-bond donors (Lipinski definition) is 2. The molecule has 26 heavy (non-hydrogen) atoms. The van der Waals surface area contributed by atoms with Crippen molar-refractivity contribution in [1.82, 2.24) is 13.9 Å². The van der Waals surface area contributed by atoms with Crippen molar-refractivity contribution in [3.8, 4) is 5.75 Å². The van der Waals surface area contributed by atoms with Crippen LogP contribution in [0.2, 0.25) is 0 Å².